The molecule has 2 rings (SSSR count). The molecule has 2 heterocycles. The highest BCUT2D eigenvalue weighted by Gasteiger charge is 2.35. The zero-order chi connectivity index (χ0) is 14.0. The van der Waals surface area contributed by atoms with E-state index in [2.05, 4.69) is 19.2 Å². The van der Waals surface area contributed by atoms with Crippen LogP contribution in [0.2, 0.25) is 0 Å². The average Bonchev–Trinajstić information content (AvgIpc) is 2.53. The van der Waals surface area contributed by atoms with Crippen molar-refractivity contribution < 1.29 is 13.2 Å². The van der Waals surface area contributed by atoms with Crippen LogP contribution in [-0.2, 0) is 15.0 Å². The van der Waals surface area contributed by atoms with Gasteiger partial charge in [-0.3, -0.25) is 4.79 Å². The van der Waals surface area contributed by atoms with Crippen LogP contribution in [0.1, 0.15) is 26.7 Å². The molecule has 2 fully saturated rings. The third kappa shape index (κ3) is 3.46. The van der Waals surface area contributed by atoms with E-state index in [9.17, 15) is 13.2 Å². The summed E-state index contributed by atoms with van der Waals surface area (Å²) in [6.07, 6.45) is 1.32. The Kier molecular flexibility index (Phi) is 4.47. The minimum absolute atomic E-state index is 0.0712. The van der Waals surface area contributed by atoms with E-state index >= 15 is 0 Å². The normalized spacial score (nSPS) is 31.8. The van der Waals surface area contributed by atoms with Crippen LogP contribution < -0.4 is 5.32 Å². The Hall–Kier alpha value is -0.660. The molecule has 0 aromatic carbocycles. The number of piperidine rings is 1. The maximum absolute atomic E-state index is 12.6. The lowest BCUT2D eigenvalue weighted by molar-refractivity contribution is -0.120. The molecular weight excluding hydrogens is 266 g/mol. The van der Waals surface area contributed by atoms with Crippen molar-refractivity contribution in [2.75, 3.05) is 32.7 Å². The van der Waals surface area contributed by atoms with Gasteiger partial charge in [-0.2, -0.15) is 17.0 Å². The molecule has 1 amide bonds. The molecule has 2 aliphatic heterocycles. The van der Waals surface area contributed by atoms with Crippen molar-refractivity contribution in [3.8, 4) is 0 Å². The van der Waals surface area contributed by atoms with Gasteiger partial charge in [-0.25, -0.2) is 0 Å². The van der Waals surface area contributed by atoms with Crippen molar-refractivity contribution in [2.45, 2.75) is 26.7 Å². The van der Waals surface area contributed by atoms with Gasteiger partial charge < -0.3 is 5.32 Å². The van der Waals surface area contributed by atoms with Crippen molar-refractivity contribution in [3.05, 3.63) is 0 Å². The molecule has 0 aromatic heterocycles. The first kappa shape index (κ1) is 14.7. The first-order chi connectivity index (χ1) is 8.89. The lowest BCUT2D eigenvalue weighted by Crippen LogP contribution is -2.50. The molecule has 1 N–H and O–H groups in total. The van der Waals surface area contributed by atoms with Crippen molar-refractivity contribution in [1.29, 1.82) is 0 Å². The van der Waals surface area contributed by atoms with Crippen molar-refractivity contribution in [3.63, 3.8) is 0 Å². The molecule has 0 aromatic rings. The summed E-state index contributed by atoms with van der Waals surface area (Å²) in [4.78, 5) is 11.3. The number of hydrogen-bond acceptors (Lipinski definition) is 3. The summed E-state index contributed by atoms with van der Waals surface area (Å²) in [6.45, 7) is 6.41. The minimum atomic E-state index is -3.42. The van der Waals surface area contributed by atoms with E-state index in [1.807, 2.05) is 0 Å². The number of nitrogens with zero attached hydrogens (tertiary/aromatic N) is 2. The van der Waals surface area contributed by atoms with Gasteiger partial charge >= 0.3 is 0 Å². The van der Waals surface area contributed by atoms with Gasteiger partial charge in [0.2, 0.25) is 5.91 Å². The third-order valence-electron chi connectivity index (χ3n) is 3.76. The van der Waals surface area contributed by atoms with Crippen LogP contribution in [0.25, 0.3) is 0 Å². The van der Waals surface area contributed by atoms with Crippen molar-refractivity contribution in [1.82, 2.24) is 13.9 Å². The highest BCUT2D eigenvalue weighted by Crippen LogP contribution is 2.24. The van der Waals surface area contributed by atoms with Gasteiger partial charge in [-0.1, -0.05) is 13.8 Å². The highest BCUT2D eigenvalue weighted by molar-refractivity contribution is 7.86. The first-order valence-corrected chi connectivity index (χ1v) is 8.31. The fourth-order valence-electron chi connectivity index (χ4n) is 2.93. The Labute approximate surface area is 115 Å². The van der Waals surface area contributed by atoms with E-state index in [1.54, 1.807) is 4.31 Å². The summed E-state index contributed by atoms with van der Waals surface area (Å²) in [7, 11) is -3.42. The maximum Gasteiger partial charge on any atom is 0.282 e. The van der Waals surface area contributed by atoms with Crippen LogP contribution >= 0.6 is 0 Å². The van der Waals surface area contributed by atoms with Crippen LogP contribution in [0.5, 0.6) is 0 Å². The maximum atomic E-state index is 12.6. The molecule has 2 aliphatic rings. The minimum Gasteiger partial charge on any atom is -0.355 e. The van der Waals surface area contributed by atoms with E-state index < -0.39 is 10.2 Å². The molecule has 2 atom stereocenters. The third-order valence-corrected chi connectivity index (χ3v) is 5.73. The molecule has 0 aliphatic carbocycles. The van der Waals surface area contributed by atoms with Crippen LogP contribution in [0.3, 0.4) is 0 Å². The highest BCUT2D eigenvalue weighted by atomic mass is 32.2. The lowest BCUT2D eigenvalue weighted by Gasteiger charge is -2.36. The number of nitrogens with one attached hydrogen (secondary N) is 1. The van der Waals surface area contributed by atoms with Gasteiger partial charge in [0.15, 0.2) is 0 Å². The average molecular weight is 289 g/mol. The molecule has 19 heavy (non-hydrogen) atoms. The first-order valence-electron chi connectivity index (χ1n) is 6.91. The summed E-state index contributed by atoms with van der Waals surface area (Å²) in [6, 6.07) is 0. The Bertz CT molecular complexity index is 428. The van der Waals surface area contributed by atoms with Crippen molar-refractivity contribution >= 4 is 16.1 Å². The van der Waals surface area contributed by atoms with Crippen LogP contribution in [0.4, 0.5) is 0 Å². The molecule has 0 radical (unpaired) electrons. The second kappa shape index (κ2) is 5.76. The molecule has 2 saturated heterocycles. The SMILES string of the molecule is CC1CC(C)CN(S(=O)(=O)N2CCNC(=O)CC2)C1. The summed E-state index contributed by atoms with van der Waals surface area (Å²) >= 11 is 0. The monoisotopic (exact) mass is 289 g/mol. The standard InChI is InChI=1S/C12H23N3O3S/c1-10-7-11(2)9-15(8-10)19(17,18)14-5-3-12(16)13-4-6-14/h10-11H,3-9H2,1-2H3,(H,13,16). The van der Waals surface area contributed by atoms with Crippen LogP contribution in [-0.4, -0.2) is 55.7 Å². The summed E-state index contributed by atoms with van der Waals surface area (Å²) in [5.74, 6) is 0.716. The van der Waals surface area contributed by atoms with Gasteiger partial charge in [-0.05, 0) is 18.3 Å². The van der Waals surface area contributed by atoms with Gasteiger partial charge in [0, 0.05) is 39.1 Å². The Morgan fingerprint density at radius 1 is 1.11 bits per heavy atom. The van der Waals surface area contributed by atoms with Crippen molar-refractivity contribution in [2.24, 2.45) is 11.8 Å². The topological polar surface area (TPSA) is 69.7 Å². The smallest absolute Gasteiger partial charge is 0.282 e. The zero-order valence-electron chi connectivity index (χ0n) is 11.6. The Morgan fingerprint density at radius 3 is 2.37 bits per heavy atom. The molecule has 2 unspecified atom stereocenters. The fraction of sp³-hybridized carbons (Fsp3) is 0.917. The Morgan fingerprint density at radius 2 is 1.74 bits per heavy atom. The summed E-state index contributed by atoms with van der Waals surface area (Å²) in [5.41, 5.74) is 0. The molecule has 6 nitrogen and oxygen atoms in total. The van der Waals surface area contributed by atoms with E-state index in [0.717, 1.165) is 6.42 Å². The Balaban J connectivity index is 2.10. The molecule has 0 saturated carbocycles. The number of rotatable bonds is 2. The van der Waals surface area contributed by atoms with E-state index in [4.69, 9.17) is 0 Å². The number of hydrogen-bond donors (Lipinski definition) is 1. The number of amides is 1. The molecular formula is C12H23N3O3S. The predicted octanol–water partition coefficient (Wildman–Crippen LogP) is 0.0310. The van der Waals surface area contributed by atoms with Gasteiger partial charge in [-0.15, -0.1) is 0 Å². The van der Waals surface area contributed by atoms with E-state index in [-0.39, 0.29) is 18.9 Å². The second-order valence-corrected chi connectivity index (χ2v) is 7.70. The fourth-order valence-corrected chi connectivity index (χ4v) is 4.79. The predicted molar refractivity (Wildman–Crippen MR) is 72.6 cm³/mol. The summed E-state index contributed by atoms with van der Waals surface area (Å²) in [5, 5.41) is 2.70. The lowest BCUT2D eigenvalue weighted by atomic mass is 9.94. The van der Waals surface area contributed by atoms with Gasteiger partial charge in [0.1, 0.15) is 0 Å². The number of carbonyl (C=O) groups is 1. The quantitative estimate of drug-likeness (QED) is 0.780. The number of carbonyl (C=O) groups excluding carboxylic acids is 1. The summed E-state index contributed by atoms with van der Waals surface area (Å²) < 4.78 is 28.2. The molecule has 7 heteroatoms. The molecule has 0 bridgehead atoms. The second-order valence-electron chi connectivity index (χ2n) is 5.77. The zero-order valence-corrected chi connectivity index (χ0v) is 12.4. The van der Waals surface area contributed by atoms with Crippen LogP contribution in [0.15, 0.2) is 0 Å². The van der Waals surface area contributed by atoms with E-state index in [0.29, 0.717) is 38.0 Å². The molecule has 0 spiro atoms. The van der Waals surface area contributed by atoms with E-state index in [1.165, 1.54) is 4.31 Å². The van der Waals surface area contributed by atoms with Crippen LogP contribution in [0, 0.1) is 11.8 Å². The van der Waals surface area contributed by atoms with Gasteiger partial charge in [0.25, 0.3) is 10.2 Å². The van der Waals surface area contributed by atoms with Gasteiger partial charge in [0.05, 0.1) is 0 Å². The molecule has 110 valence electrons. The largest absolute Gasteiger partial charge is 0.355 e.